The summed E-state index contributed by atoms with van der Waals surface area (Å²) >= 11 is 0. The molecule has 1 saturated heterocycles. The zero-order valence-corrected chi connectivity index (χ0v) is 11.2. The third-order valence-corrected chi connectivity index (χ3v) is 4.00. The van der Waals surface area contributed by atoms with Crippen LogP contribution in [0.2, 0.25) is 0 Å². The van der Waals surface area contributed by atoms with E-state index < -0.39 is 0 Å². The molecule has 2 aromatic rings. The average Bonchev–Trinajstić information content (AvgIpc) is 2.70. The fraction of sp³-hybridized carbons (Fsp3) is 0.533. The van der Waals surface area contributed by atoms with Crippen molar-refractivity contribution in [3.63, 3.8) is 0 Å². The molecule has 1 unspecified atom stereocenters. The first-order valence-electron chi connectivity index (χ1n) is 7.15. The Kier molecular flexibility index (Phi) is 3.80. The van der Waals surface area contributed by atoms with Crippen molar-refractivity contribution in [3.05, 3.63) is 30.1 Å². The van der Waals surface area contributed by atoms with Crippen LogP contribution in [0.15, 0.2) is 24.3 Å². The van der Waals surface area contributed by atoms with Gasteiger partial charge in [-0.2, -0.15) is 0 Å². The summed E-state index contributed by atoms with van der Waals surface area (Å²) in [5.74, 6) is 1.00. The van der Waals surface area contributed by atoms with Crippen molar-refractivity contribution in [1.29, 1.82) is 0 Å². The van der Waals surface area contributed by atoms with E-state index in [-0.39, 0.29) is 12.6 Å². The molecule has 0 spiro atoms. The van der Waals surface area contributed by atoms with E-state index in [1.807, 2.05) is 18.2 Å². The summed E-state index contributed by atoms with van der Waals surface area (Å²) in [7, 11) is 0. The van der Waals surface area contributed by atoms with Crippen molar-refractivity contribution < 1.29 is 5.11 Å². The smallest absolute Gasteiger partial charge is 0.121 e. The molecule has 1 aliphatic heterocycles. The third kappa shape index (κ3) is 2.80. The first-order chi connectivity index (χ1) is 9.36. The number of fused-ring (bicyclic) bond motifs is 1. The number of imidazole rings is 1. The van der Waals surface area contributed by atoms with Gasteiger partial charge >= 0.3 is 0 Å². The van der Waals surface area contributed by atoms with Crippen molar-refractivity contribution in [1.82, 2.24) is 14.9 Å². The number of nitrogens with zero attached hydrogens (tertiary/aromatic N) is 2. The van der Waals surface area contributed by atoms with Crippen molar-refractivity contribution in [2.24, 2.45) is 0 Å². The summed E-state index contributed by atoms with van der Waals surface area (Å²) in [4.78, 5) is 10.4. The lowest BCUT2D eigenvalue weighted by Crippen LogP contribution is -2.37. The van der Waals surface area contributed by atoms with Crippen LogP contribution in [-0.2, 0) is 6.54 Å². The molecular formula is C15H21N3O. The maximum Gasteiger partial charge on any atom is 0.121 e. The Morgan fingerprint density at radius 3 is 3.00 bits per heavy atom. The second-order valence-electron chi connectivity index (χ2n) is 5.36. The molecule has 4 nitrogen and oxygen atoms in total. The summed E-state index contributed by atoms with van der Waals surface area (Å²) in [6.07, 6.45) is 4.81. The largest absolute Gasteiger partial charge is 0.395 e. The van der Waals surface area contributed by atoms with Crippen molar-refractivity contribution in [2.75, 3.05) is 13.2 Å². The van der Waals surface area contributed by atoms with E-state index in [4.69, 9.17) is 0 Å². The number of hydrogen-bond donors (Lipinski definition) is 2. The molecule has 2 N–H and O–H groups in total. The molecule has 3 rings (SSSR count). The monoisotopic (exact) mass is 259 g/mol. The van der Waals surface area contributed by atoms with Crippen LogP contribution >= 0.6 is 0 Å². The molecule has 102 valence electrons. The molecule has 1 fully saturated rings. The number of hydrogen-bond acceptors (Lipinski definition) is 3. The van der Waals surface area contributed by atoms with Gasteiger partial charge in [-0.3, -0.25) is 4.90 Å². The van der Waals surface area contributed by atoms with Gasteiger partial charge in [0.05, 0.1) is 24.2 Å². The van der Waals surface area contributed by atoms with Crippen LogP contribution in [0.25, 0.3) is 11.0 Å². The van der Waals surface area contributed by atoms with E-state index in [0.29, 0.717) is 0 Å². The van der Waals surface area contributed by atoms with Crippen molar-refractivity contribution in [2.45, 2.75) is 38.3 Å². The van der Waals surface area contributed by atoms with Crippen LogP contribution in [0.3, 0.4) is 0 Å². The molecule has 0 amide bonds. The molecule has 1 atom stereocenters. The minimum Gasteiger partial charge on any atom is -0.395 e. The number of H-pyrrole nitrogens is 1. The van der Waals surface area contributed by atoms with E-state index in [2.05, 4.69) is 20.9 Å². The maximum absolute atomic E-state index is 9.53. The Morgan fingerprint density at radius 1 is 1.26 bits per heavy atom. The second-order valence-corrected chi connectivity index (χ2v) is 5.36. The van der Waals surface area contributed by atoms with Gasteiger partial charge in [-0.15, -0.1) is 0 Å². The summed E-state index contributed by atoms with van der Waals surface area (Å²) in [5, 5.41) is 9.53. The number of likely N-dealkylation sites (tertiary alicyclic amines) is 1. The molecular weight excluding hydrogens is 238 g/mol. The van der Waals surface area contributed by atoms with Gasteiger partial charge in [0.2, 0.25) is 0 Å². The number of aromatic amines is 1. The van der Waals surface area contributed by atoms with E-state index in [1.165, 1.54) is 19.3 Å². The predicted molar refractivity (Wildman–Crippen MR) is 75.8 cm³/mol. The molecule has 2 heterocycles. The van der Waals surface area contributed by atoms with Crippen LogP contribution in [0.4, 0.5) is 0 Å². The van der Waals surface area contributed by atoms with Crippen LogP contribution in [0, 0.1) is 0 Å². The van der Waals surface area contributed by atoms with E-state index in [9.17, 15) is 5.11 Å². The van der Waals surface area contributed by atoms with Gasteiger partial charge in [-0.05, 0) is 31.5 Å². The highest BCUT2D eigenvalue weighted by molar-refractivity contribution is 5.74. The highest BCUT2D eigenvalue weighted by atomic mass is 16.3. The number of nitrogens with one attached hydrogen (secondary N) is 1. The van der Waals surface area contributed by atoms with Gasteiger partial charge in [0.15, 0.2) is 0 Å². The molecule has 0 radical (unpaired) electrons. The molecule has 4 heteroatoms. The molecule has 0 saturated carbocycles. The first-order valence-corrected chi connectivity index (χ1v) is 7.15. The normalized spacial score (nSPS) is 21.6. The second kappa shape index (κ2) is 5.72. The Hall–Kier alpha value is -1.39. The van der Waals surface area contributed by atoms with Crippen molar-refractivity contribution >= 4 is 11.0 Å². The van der Waals surface area contributed by atoms with E-state index in [1.54, 1.807) is 0 Å². The minimum atomic E-state index is 0.250. The predicted octanol–water partition coefficient (Wildman–Crippen LogP) is 2.30. The van der Waals surface area contributed by atoms with Gasteiger partial charge in [0, 0.05) is 6.04 Å². The number of aliphatic hydroxyl groups is 1. The van der Waals surface area contributed by atoms with Gasteiger partial charge in [0.25, 0.3) is 0 Å². The fourth-order valence-corrected chi connectivity index (χ4v) is 2.92. The number of aromatic nitrogens is 2. The average molecular weight is 259 g/mol. The molecule has 1 aliphatic rings. The standard InChI is InChI=1S/C15H21N3O/c19-11-12-6-2-1-5-9-18(12)10-15-16-13-7-3-4-8-14(13)17-15/h3-4,7-8,12,19H,1-2,5-6,9-11H2,(H,16,17). The third-order valence-electron chi connectivity index (χ3n) is 4.00. The van der Waals surface area contributed by atoms with Gasteiger partial charge < -0.3 is 10.1 Å². The lowest BCUT2D eigenvalue weighted by Gasteiger charge is -2.27. The summed E-state index contributed by atoms with van der Waals surface area (Å²) in [6.45, 7) is 2.11. The molecule has 1 aromatic heterocycles. The number of rotatable bonds is 3. The van der Waals surface area contributed by atoms with Crippen LogP contribution < -0.4 is 0 Å². The molecule has 19 heavy (non-hydrogen) atoms. The number of para-hydroxylation sites is 2. The minimum absolute atomic E-state index is 0.250. The zero-order chi connectivity index (χ0) is 13.1. The molecule has 0 bridgehead atoms. The van der Waals surface area contributed by atoms with Gasteiger partial charge in [0.1, 0.15) is 5.82 Å². The summed E-state index contributed by atoms with van der Waals surface area (Å²) < 4.78 is 0. The van der Waals surface area contributed by atoms with Crippen LogP contribution in [0.5, 0.6) is 0 Å². The van der Waals surface area contributed by atoms with Crippen LogP contribution in [0.1, 0.15) is 31.5 Å². The number of aliphatic hydroxyl groups excluding tert-OH is 1. The molecule has 1 aromatic carbocycles. The quantitative estimate of drug-likeness (QED) is 0.889. The lowest BCUT2D eigenvalue weighted by molar-refractivity contribution is 0.116. The summed E-state index contributed by atoms with van der Waals surface area (Å²) in [5.41, 5.74) is 2.11. The first kappa shape index (κ1) is 12.6. The fourth-order valence-electron chi connectivity index (χ4n) is 2.92. The van der Waals surface area contributed by atoms with E-state index >= 15 is 0 Å². The highest BCUT2D eigenvalue weighted by Gasteiger charge is 2.21. The summed E-state index contributed by atoms with van der Waals surface area (Å²) in [6, 6.07) is 8.40. The molecule has 0 aliphatic carbocycles. The topological polar surface area (TPSA) is 52.1 Å². The number of benzene rings is 1. The Balaban J connectivity index is 1.78. The Morgan fingerprint density at radius 2 is 2.16 bits per heavy atom. The zero-order valence-electron chi connectivity index (χ0n) is 11.2. The van der Waals surface area contributed by atoms with E-state index in [0.717, 1.165) is 36.4 Å². The maximum atomic E-state index is 9.53. The van der Waals surface area contributed by atoms with Crippen molar-refractivity contribution in [3.8, 4) is 0 Å². The lowest BCUT2D eigenvalue weighted by atomic mass is 10.1. The Labute approximate surface area is 113 Å². The van der Waals surface area contributed by atoms with Gasteiger partial charge in [-0.25, -0.2) is 4.98 Å². The highest BCUT2D eigenvalue weighted by Crippen LogP contribution is 2.19. The SMILES string of the molecule is OCC1CCCCCN1Cc1nc2ccccc2[nH]1. The van der Waals surface area contributed by atoms with Gasteiger partial charge in [-0.1, -0.05) is 25.0 Å². The van der Waals surface area contributed by atoms with Crippen LogP contribution in [-0.4, -0.2) is 39.2 Å². The Bertz CT molecular complexity index is 504.